The number of likely N-dealkylation sites (tertiary alicyclic amines) is 1. The van der Waals surface area contributed by atoms with Crippen LogP contribution in [0.1, 0.15) is 53.2 Å². The van der Waals surface area contributed by atoms with Gasteiger partial charge < -0.3 is 10.6 Å². The van der Waals surface area contributed by atoms with Crippen molar-refractivity contribution in [1.29, 1.82) is 0 Å². The second-order valence-electron chi connectivity index (χ2n) is 8.98. The molecule has 36 heavy (non-hydrogen) atoms. The van der Waals surface area contributed by atoms with Gasteiger partial charge >= 0.3 is 12.4 Å². The van der Waals surface area contributed by atoms with E-state index in [0.717, 1.165) is 5.56 Å². The van der Waals surface area contributed by atoms with Crippen molar-refractivity contribution in [1.82, 2.24) is 4.90 Å². The minimum atomic E-state index is -5.07. The van der Waals surface area contributed by atoms with Crippen LogP contribution < -0.4 is 5.73 Å². The number of piperidine rings is 1. The zero-order valence-corrected chi connectivity index (χ0v) is 20.1. The molecule has 2 aromatic rings. The molecule has 0 aliphatic carbocycles. The summed E-state index contributed by atoms with van der Waals surface area (Å²) in [6.45, 7) is 1.87. The van der Waals surface area contributed by atoms with Gasteiger partial charge in [0.15, 0.2) is 0 Å². The molecule has 0 bridgehead atoms. The topological polar surface area (TPSA) is 63.4 Å². The summed E-state index contributed by atoms with van der Waals surface area (Å²) < 4.78 is 80.1. The number of benzene rings is 2. The molecule has 4 nitrogen and oxygen atoms in total. The van der Waals surface area contributed by atoms with Crippen LogP contribution in [0, 0.1) is 11.8 Å². The number of carbonyl (C=O) groups is 2. The van der Waals surface area contributed by atoms with Crippen molar-refractivity contribution in [2.24, 2.45) is 17.6 Å². The lowest BCUT2D eigenvalue weighted by Gasteiger charge is -2.41. The summed E-state index contributed by atoms with van der Waals surface area (Å²) >= 11 is 5.94. The Bertz CT molecular complexity index is 1070. The van der Waals surface area contributed by atoms with Gasteiger partial charge in [0.1, 0.15) is 0 Å². The molecule has 1 fully saturated rings. The van der Waals surface area contributed by atoms with Gasteiger partial charge in [-0.15, -0.1) is 0 Å². The Kier molecular flexibility index (Phi) is 8.27. The first-order valence-corrected chi connectivity index (χ1v) is 11.7. The first-order chi connectivity index (χ1) is 16.7. The Labute approximate surface area is 209 Å². The fraction of sp³-hybridized carbons (Fsp3) is 0.440. The highest BCUT2D eigenvalue weighted by atomic mass is 35.5. The lowest BCUT2D eigenvalue weighted by atomic mass is 9.78. The maximum Gasteiger partial charge on any atom is 0.416 e. The number of alkyl halides is 6. The smallest absolute Gasteiger partial charge is 0.369 e. The average Bonchev–Trinajstić information content (AvgIpc) is 2.79. The van der Waals surface area contributed by atoms with Gasteiger partial charge in [-0.1, -0.05) is 30.7 Å². The van der Waals surface area contributed by atoms with Gasteiger partial charge in [-0.2, -0.15) is 26.3 Å². The number of hydrogen-bond acceptors (Lipinski definition) is 2. The van der Waals surface area contributed by atoms with Gasteiger partial charge in [0, 0.05) is 29.1 Å². The molecule has 3 rings (SSSR count). The van der Waals surface area contributed by atoms with Crippen molar-refractivity contribution in [3.05, 3.63) is 69.7 Å². The normalized spacial score (nSPS) is 19.7. The van der Waals surface area contributed by atoms with Crippen molar-refractivity contribution in [3.8, 4) is 0 Å². The van der Waals surface area contributed by atoms with E-state index in [1.165, 1.54) is 4.90 Å². The zero-order chi connectivity index (χ0) is 26.8. The molecule has 1 saturated heterocycles. The van der Waals surface area contributed by atoms with Crippen LogP contribution in [0.3, 0.4) is 0 Å². The first kappa shape index (κ1) is 27.8. The van der Waals surface area contributed by atoms with Crippen molar-refractivity contribution in [2.75, 3.05) is 6.54 Å². The molecule has 2 N–H and O–H groups in total. The molecule has 196 valence electrons. The highest BCUT2D eigenvalue weighted by Crippen LogP contribution is 2.38. The summed E-state index contributed by atoms with van der Waals surface area (Å²) in [5.41, 5.74) is 2.52. The van der Waals surface area contributed by atoms with E-state index in [-0.39, 0.29) is 24.9 Å². The molecule has 2 aromatic carbocycles. The van der Waals surface area contributed by atoms with Crippen LogP contribution in [0.25, 0.3) is 0 Å². The van der Waals surface area contributed by atoms with Crippen molar-refractivity contribution < 1.29 is 35.9 Å². The molecular weight excluding hydrogens is 510 g/mol. The Hall–Kier alpha value is -2.75. The third-order valence-electron chi connectivity index (χ3n) is 6.61. The first-order valence-electron chi connectivity index (χ1n) is 11.3. The highest BCUT2D eigenvalue weighted by molar-refractivity contribution is 6.30. The average molecular weight is 535 g/mol. The summed E-state index contributed by atoms with van der Waals surface area (Å²) in [5, 5.41) is 0.483. The molecule has 0 radical (unpaired) electrons. The minimum Gasteiger partial charge on any atom is -0.369 e. The predicted octanol–water partition coefficient (Wildman–Crippen LogP) is 6.35. The van der Waals surface area contributed by atoms with E-state index in [9.17, 15) is 35.9 Å². The van der Waals surface area contributed by atoms with E-state index in [0.29, 0.717) is 36.4 Å². The largest absolute Gasteiger partial charge is 0.416 e. The second-order valence-corrected chi connectivity index (χ2v) is 9.42. The Morgan fingerprint density at radius 1 is 1.03 bits per heavy atom. The van der Waals surface area contributed by atoms with Gasteiger partial charge in [0.2, 0.25) is 5.91 Å². The number of halogens is 7. The van der Waals surface area contributed by atoms with Gasteiger partial charge in [-0.3, -0.25) is 9.59 Å². The number of primary amides is 1. The van der Waals surface area contributed by atoms with Gasteiger partial charge in [-0.25, -0.2) is 0 Å². The standard InChI is InChI=1S/C25H25ClF6N2O2/c1-2-21(22(33)35)15-7-8-34(20(12-15)9-14-3-5-19(26)6-4-14)23(36)16-10-17(24(27,28)29)13-18(11-16)25(30,31)32/h3-6,10-11,13,15,20-21H,2,7-9,12H2,1H3,(H2,33,35). The Balaban J connectivity index is 2.00. The number of carbonyl (C=O) groups excluding carboxylic acids is 2. The second kappa shape index (κ2) is 10.7. The van der Waals surface area contributed by atoms with Crippen LogP contribution in [0.5, 0.6) is 0 Å². The van der Waals surface area contributed by atoms with E-state index in [4.69, 9.17) is 17.3 Å². The van der Waals surface area contributed by atoms with Crippen LogP contribution in [-0.4, -0.2) is 29.3 Å². The third-order valence-corrected chi connectivity index (χ3v) is 6.86. The Morgan fingerprint density at radius 2 is 1.58 bits per heavy atom. The number of rotatable bonds is 6. The molecule has 0 saturated carbocycles. The molecule has 3 atom stereocenters. The Morgan fingerprint density at radius 3 is 2.06 bits per heavy atom. The molecule has 1 heterocycles. The van der Waals surface area contributed by atoms with Gasteiger partial charge in [-0.05, 0) is 67.5 Å². The summed E-state index contributed by atoms with van der Waals surface area (Å²) in [6, 6.07) is 7.05. The molecule has 1 aliphatic heterocycles. The fourth-order valence-corrected chi connectivity index (χ4v) is 4.94. The van der Waals surface area contributed by atoms with Crippen LogP contribution in [0.2, 0.25) is 5.02 Å². The monoisotopic (exact) mass is 534 g/mol. The summed E-state index contributed by atoms with van der Waals surface area (Å²) in [7, 11) is 0. The molecule has 11 heteroatoms. The van der Waals surface area contributed by atoms with E-state index >= 15 is 0 Å². The van der Waals surface area contributed by atoms with Crippen LogP contribution in [0.15, 0.2) is 42.5 Å². The SMILES string of the molecule is CCC(C(N)=O)C1CCN(C(=O)c2cc(C(F)(F)F)cc(C(F)(F)F)c2)C(Cc2ccc(Cl)cc2)C1. The number of nitrogens with two attached hydrogens (primary N) is 1. The lowest BCUT2D eigenvalue weighted by molar-refractivity contribution is -0.143. The number of amides is 2. The van der Waals surface area contributed by atoms with Crippen molar-refractivity contribution in [3.63, 3.8) is 0 Å². The van der Waals surface area contributed by atoms with E-state index in [2.05, 4.69) is 0 Å². The van der Waals surface area contributed by atoms with E-state index in [1.807, 2.05) is 6.92 Å². The number of nitrogens with zero attached hydrogens (tertiary/aromatic N) is 1. The fourth-order valence-electron chi connectivity index (χ4n) is 4.81. The lowest BCUT2D eigenvalue weighted by Crippen LogP contribution is -2.49. The maximum atomic E-state index is 13.4. The number of hydrogen-bond donors (Lipinski definition) is 1. The molecule has 3 unspecified atom stereocenters. The summed E-state index contributed by atoms with van der Waals surface area (Å²) in [4.78, 5) is 26.6. The molecular formula is C25H25ClF6N2O2. The van der Waals surface area contributed by atoms with Crippen molar-refractivity contribution >= 4 is 23.4 Å². The third kappa shape index (κ3) is 6.52. The molecule has 0 aromatic heterocycles. The van der Waals surface area contributed by atoms with Gasteiger partial charge in [0.05, 0.1) is 11.1 Å². The van der Waals surface area contributed by atoms with Crippen LogP contribution in [0.4, 0.5) is 26.3 Å². The quantitative estimate of drug-likeness (QED) is 0.439. The maximum absolute atomic E-state index is 13.4. The van der Waals surface area contributed by atoms with Crippen LogP contribution >= 0.6 is 11.6 Å². The van der Waals surface area contributed by atoms with Crippen LogP contribution in [-0.2, 0) is 23.6 Å². The molecule has 2 amide bonds. The van der Waals surface area contributed by atoms with Gasteiger partial charge in [0.25, 0.3) is 5.91 Å². The molecule has 0 spiro atoms. The van der Waals surface area contributed by atoms with Crippen molar-refractivity contribution in [2.45, 2.75) is 51.0 Å². The molecule has 1 aliphatic rings. The zero-order valence-electron chi connectivity index (χ0n) is 19.3. The highest BCUT2D eigenvalue weighted by Gasteiger charge is 2.40. The van der Waals surface area contributed by atoms with E-state index < -0.39 is 52.8 Å². The summed E-state index contributed by atoms with van der Waals surface area (Å²) in [5.74, 6) is -2.06. The van der Waals surface area contributed by atoms with E-state index in [1.54, 1.807) is 24.3 Å². The predicted molar refractivity (Wildman–Crippen MR) is 122 cm³/mol. The minimum absolute atomic E-state index is 0.00703. The summed E-state index contributed by atoms with van der Waals surface area (Å²) in [6.07, 6.45) is -8.72.